The number of rotatable bonds is 5. The molecule has 5 heteroatoms. The summed E-state index contributed by atoms with van der Waals surface area (Å²) < 4.78 is 0. The number of nitrogens with zero attached hydrogens (tertiary/aromatic N) is 4. The van der Waals surface area contributed by atoms with Gasteiger partial charge in [0.2, 0.25) is 0 Å². The van der Waals surface area contributed by atoms with Crippen LogP contribution in [0.2, 0.25) is 0 Å². The van der Waals surface area contributed by atoms with Gasteiger partial charge in [-0.15, -0.1) is 0 Å². The second kappa shape index (κ2) is 8.43. The summed E-state index contributed by atoms with van der Waals surface area (Å²) in [5, 5.41) is 0. The number of carbonyl (C=O) groups excluding carboxylic acids is 1. The molecule has 0 spiro atoms. The lowest BCUT2D eigenvalue weighted by Crippen LogP contribution is -2.36. The molecule has 0 atom stereocenters. The molecule has 0 radical (unpaired) electrons. The van der Waals surface area contributed by atoms with Crippen LogP contribution in [-0.2, 0) is 13.0 Å². The van der Waals surface area contributed by atoms with Crippen molar-refractivity contribution in [2.75, 3.05) is 22.9 Å². The van der Waals surface area contributed by atoms with Gasteiger partial charge < -0.3 is 9.80 Å². The number of aryl methyl sites for hydroxylation is 2. The molecule has 0 bridgehead atoms. The van der Waals surface area contributed by atoms with Crippen molar-refractivity contribution in [3.63, 3.8) is 0 Å². The molecule has 0 saturated carbocycles. The van der Waals surface area contributed by atoms with Crippen LogP contribution in [0, 0.1) is 6.92 Å². The van der Waals surface area contributed by atoms with Gasteiger partial charge in [0.05, 0.1) is 0 Å². The number of aromatic nitrogens is 2. The van der Waals surface area contributed by atoms with E-state index in [1.807, 2.05) is 54.3 Å². The highest BCUT2D eigenvalue weighted by Gasteiger charge is 2.25. The van der Waals surface area contributed by atoms with Crippen LogP contribution in [0.25, 0.3) is 0 Å². The summed E-state index contributed by atoms with van der Waals surface area (Å²) in [5.74, 6) is 1.35. The zero-order valence-corrected chi connectivity index (χ0v) is 17.0. The zero-order valence-electron chi connectivity index (χ0n) is 17.0. The van der Waals surface area contributed by atoms with E-state index in [-0.39, 0.29) is 5.91 Å². The molecule has 1 aromatic heterocycles. The van der Waals surface area contributed by atoms with Crippen LogP contribution in [0.15, 0.2) is 60.7 Å². The van der Waals surface area contributed by atoms with Crippen molar-refractivity contribution < 1.29 is 4.79 Å². The third-order valence-corrected chi connectivity index (χ3v) is 5.32. The van der Waals surface area contributed by atoms with E-state index in [2.05, 4.69) is 40.0 Å². The number of hydrogen-bond acceptors (Lipinski definition) is 4. The highest BCUT2D eigenvalue weighted by molar-refractivity contribution is 6.05. The van der Waals surface area contributed by atoms with E-state index in [4.69, 9.17) is 0 Å². The third-order valence-electron chi connectivity index (χ3n) is 5.32. The highest BCUT2D eigenvalue weighted by Crippen LogP contribution is 2.28. The van der Waals surface area contributed by atoms with E-state index in [1.165, 1.54) is 11.1 Å². The molecule has 1 aliphatic heterocycles. The van der Waals surface area contributed by atoms with Crippen molar-refractivity contribution in [2.24, 2.45) is 0 Å². The lowest BCUT2D eigenvalue weighted by atomic mass is 10.0. The first-order chi connectivity index (χ1) is 14.2. The van der Waals surface area contributed by atoms with Crippen molar-refractivity contribution in [1.29, 1.82) is 0 Å². The van der Waals surface area contributed by atoms with Crippen molar-refractivity contribution in [1.82, 2.24) is 9.97 Å². The minimum absolute atomic E-state index is 0.0559. The van der Waals surface area contributed by atoms with Crippen LogP contribution >= 0.6 is 0 Å². The van der Waals surface area contributed by atoms with Crippen LogP contribution in [0.3, 0.4) is 0 Å². The van der Waals surface area contributed by atoms with Gasteiger partial charge in [0.25, 0.3) is 5.91 Å². The molecule has 5 nitrogen and oxygen atoms in total. The van der Waals surface area contributed by atoms with Crippen molar-refractivity contribution >= 4 is 17.4 Å². The first kappa shape index (κ1) is 19.1. The maximum absolute atomic E-state index is 13.4. The summed E-state index contributed by atoms with van der Waals surface area (Å²) in [7, 11) is 0. The van der Waals surface area contributed by atoms with Crippen LogP contribution in [0.5, 0.6) is 0 Å². The molecule has 0 fully saturated rings. The Balaban J connectivity index is 1.64. The Bertz CT molecular complexity index is 1000. The van der Waals surface area contributed by atoms with E-state index >= 15 is 0 Å². The normalized spacial score (nSPS) is 13.1. The van der Waals surface area contributed by atoms with Gasteiger partial charge in [0, 0.05) is 31.4 Å². The topological polar surface area (TPSA) is 49.3 Å². The van der Waals surface area contributed by atoms with E-state index < -0.39 is 0 Å². The lowest BCUT2D eigenvalue weighted by Gasteiger charge is -2.29. The van der Waals surface area contributed by atoms with Gasteiger partial charge in [-0.3, -0.25) is 4.79 Å². The van der Waals surface area contributed by atoms with Crippen LogP contribution in [0.1, 0.15) is 40.8 Å². The summed E-state index contributed by atoms with van der Waals surface area (Å²) >= 11 is 0. The average molecular weight is 386 g/mol. The number of fused-ring (bicyclic) bond motifs is 1. The number of carbonyl (C=O) groups is 1. The molecule has 0 saturated heterocycles. The Morgan fingerprint density at radius 2 is 1.83 bits per heavy atom. The smallest absolute Gasteiger partial charge is 0.277 e. The molecule has 2 heterocycles. The predicted octanol–water partition coefficient (Wildman–Crippen LogP) is 4.40. The quantitative estimate of drug-likeness (QED) is 0.652. The summed E-state index contributed by atoms with van der Waals surface area (Å²) in [6.07, 6.45) is 1.98. The zero-order chi connectivity index (χ0) is 20.2. The first-order valence-corrected chi connectivity index (χ1v) is 10.2. The fourth-order valence-electron chi connectivity index (χ4n) is 3.86. The minimum atomic E-state index is -0.0559. The van der Waals surface area contributed by atoms with E-state index in [0.717, 1.165) is 44.0 Å². The Morgan fingerprint density at radius 3 is 2.62 bits per heavy atom. The number of para-hydroxylation sites is 1. The highest BCUT2D eigenvalue weighted by atomic mass is 16.2. The second-order valence-corrected chi connectivity index (χ2v) is 7.35. The van der Waals surface area contributed by atoms with Crippen molar-refractivity contribution in [3.05, 3.63) is 83.3 Å². The van der Waals surface area contributed by atoms with Crippen LogP contribution in [0.4, 0.5) is 11.5 Å². The van der Waals surface area contributed by atoms with Crippen LogP contribution < -0.4 is 9.80 Å². The summed E-state index contributed by atoms with van der Waals surface area (Å²) in [6, 6.07) is 20.3. The number of anilines is 2. The van der Waals surface area contributed by atoms with Crippen LogP contribution in [-0.4, -0.2) is 29.0 Å². The Morgan fingerprint density at radius 1 is 1.07 bits per heavy atom. The molecule has 0 N–H and O–H groups in total. The molecule has 1 aliphatic rings. The standard InChI is InChI=1S/C24H26N4O/c1-3-27(17-19-10-5-4-6-11-19)23-16-21(25-18(2)26-23)24(29)28-15-9-13-20-12-7-8-14-22(20)28/h4-8,10-12,14,16H,3,9,13,15,17H2,1-2H3. The Labute approximate surface area is 172 Å². The second-order valence-electron chi connectivity index (χ2n) is 7.35. The SMILES string of the molecule is CCN(Cc1ccccc1)c1cc(C(=O)N2CCCc3ccccc32)nc(C)n1. The molecule has 29 heavy (non-hydrogen) atoms. The van der Waals surface area contributed by atoms with Gasteiger partial charge in [-0.1, -0.05) is 48.5 Å². The van der Waals surface area contributed by atoms with Gasteiger partial charge in [-0.05, 0) is 43.9 Å². The summed E-state index contributed by atoms with van der Waals surface area (Å²) in [5.41, 5.74) is 3.88. The lowest BCUT2D eigenvalue weighted by molar-refractivity contribution is 0.0980. The molecule has 1 amide bonds. The Hall–Kier alpha value is -3.21. The minimum Gasteiger partial charge on any atom is -0.352 e. The van der Waals surface area contributed by atoms with Gasteiger partial charge in [-0.2, -0.15) is 0 Å². The number of amides is 1. The monoisotopic (exact) mass is 386 g/mol. The molecule has 0 unspecified atom stereocenters. The summed E-state index contributed by atoms with van der Waals surface area (Å²) in [6.45, 7) is 6.21. The van der Waals surface area contributed by atoms with Crippen molar-refractivity contribution in [3.8, 4) is 0 Å². The van der Waals surface area contributed by atoms with Gasteiger partial charge in [-0.25, -0.2) is 9.97 Å². The van der Waals surface area contributed by atoms with Gasteiger partial charge >= 0.3 is 0 Å². The molecule has 148 valence electrons. The van der Waals surface area contributed by atoms with Gasteiger partial charge in [0.15, 0.2) is 0 Å². The molecular weight excluding hydrogens is 360 g/mol. The molecule has 3 aromatic rings. The number of hydrogen-bond donors (Lipinski definition) is 0. The summed E-state index contributed by atoms with van der Waals surface area (Å²) in [4.78, 5) is 26.5. The fourth-order valence-corrected chi connectivity index (χ4v) is 3.86. The van der Waals surface area contributed by atoms with Gasteiger partial charge in [0.1, 0.15) is 17.3 Å². The predicted molar refractivity (Wildman–Crippen MR) is 116 cm³/mol. The largest absolute Gasteiger partial charge is 0.352 e. The van der Waals surface area contributed by atoms with E-state index in [1.54, 1.807) is 0 Å². The molecule has 2 aromatic carbocycles. The Kier molecular flexibility index (Phi) is 5.56. The number of benzene rings is 2. The fraction of sp³-hybridized carbons (Fsp3) is 0.292. The van der Waals surface area contributed by atoms with E-state index in [9.17, 15) is 4.79 Å². The maximum Gasteiger partial charge on any atom is 0.277 e. The molecular formula is C24H26N4O. The van der Waals surface area contributed by atoms with Crippen molar-refractivity contribution in [2.45, 2.75) is 33.2 Å². The maximum atomic E-state index is 13.4. The first-order valence-electron chi connectivity index (χ1n) is 10.2. The molecule has 0 aliphatic carbocycles. The average Bonchev–Trinajstić information content (AvgIpc) is 2.77. The molecule has 4 rings (SSSR count). The van der Waals surface area contributed by atoms with E-state index in [0.29, 0.717) is 11.5 Å². The third kappa shape index (κ3) is 4.14.